The minimum absolute atomic E-state index is 0.419. The third kappa shape index (κ3) is 4.50. The van der Waals surface area contributed by atoms with Crippen LogP contribution >= 0.6 is 0 Å². The van der Waals surface area contributed by atoms with E-state index in [9.17, 15) is 0 Å². The van der Waals surface area contributed by atoms with Crippen molar-refractivity contribution in [2.24, 2.45) is 5.73 Å². The number of nitrogens with one attached hydrogen (secondary N) is 1. The lowest BCUT2D eigenvalue weighted by molar-refractivity contribution is 0.296. The fourth-order valence-electron chi connectivity index (χ4n) is 2.96. The Bertz CT molecular complexity index is 393. The van der Waals surface area contributed by atoms with Gasteiger partial charge in [-0.05, 0) is 56.5 Å². The first-order chi connectivity index (χ1) is 9.71. The highest BCUT2D eigenvalue weighted by Crippen LogP contribution is 2.22. The van der Waals surface area contributed by atoms with Crippen molar-refractivity contribution in [3.63, 3.8) is 0 Å². The van der Waals surface area contributed by atoms with Gasteiger partial charge in [0.05, 0.1) is 0 Å². The van der Waals surface area contributed by atoms with Gasteiger partial charge >= 0.3 is 0 Å². The summed E-state index contributed by atoms with van der Waals surface area (Å²) in [7, 11) is 0. The number of benzene rings is 1. The molecule has 0 heterocycles. The number of nitrogens with zero attached hydrogens (tertiary/aromatic N) is 1. The van der Waals surface area contributed by atoms with E-state index in [4.69, 9.17) is 5.73 Å². The second-order valence-electron chi connectivity index (χ2n) is 5.92. The quantitative estimate of drug-likeness (QED) is 0.837. The van der Waals surface area contributed by atoms with Crippen LogP contribution in [0.1, 0.15) is 45.1 Å². The summed E-state index contributed by atoms with van der Waals surface area (Å²) < 4.78 is 0. The van der Waals surface area contributed by atoms with E-state index in [1.54, 1.807) is 0 Å². The Morgan fingerprint density at radius 3 is 2.50 bits per heavy atom. The van der Waals surface area contributed by atoms with E-state index in [0.717, 1.165) is 32.5 Å². The Morgan fingerprint density at radius 1 is 1.15 bits per heavy atom. The number of hydrogen-bond acceptors (Lipinski definition) is 3. The summed E-state index contributed by atoms with van der Waals surface area (Å²) in [6.07, 6.45) is 4.69. The van der Waals surface area contributed by atoms with E-state index < -0.39 is 0 Å². The smallest absolute Gasteiger partial charge is 0.0345 e. The molecule has 3 heteroatoms. The van der Waals surface area contributed by atoms with Crippen LogP contribution in [0.2, 0.25) is 0 Å². The van der Waals surface area contributed by atoms with Gasteiger partial charge in [-0.3, -0.25) is 4.90 Å². The summed E-state index contributed by atoms with van der Waals surface area (Å²) in [6, 6.07) is 9.88. The van der Waals surface area contributed by atoms with Gasteiger partial charge in [0.15, 0.2) is 0 Å². The second kappa shape index (κ2) is 7.65. The molecular weight excluding hydrogens is 246 g/mol. The second-order valence-corrected chi connectivity index (χ2v) is 5.92. The molecule has 1 aromatic rings. The first-order valence-electron chi connectivity index (χ1n) is 8.04. The van der Waals surface area contributed by atoms with Crippen molar-refractivity contribution in [3.8, 4) is 0 Å². The molecule has 3 N–H and O–H groups in total. The summed E-state index contributed by atoms with van der Waals surface area (Å²) in [5, 5.41) is 3.68. The predicted octanol–water partition coefficient (Wildman–Crippen LogP) is 3.21. The van der Waals surface area contributed by atoms with Gasteiger partial charge in [0.1, 0.15) is 0 Å². The molecule has 0 atom stereocenters. The van der Waals surface area contributed by atoms with Crippen molar-refractivity contribution >= 4 is 5.69 Å². The molecule has 0 unspecified atom stereocenters. The molecule has 20 heavy (non-hydrogen) atoms. The molecule has 0 aliphatic heterocycles. The monoisotopic (exact) mass is 275 g/mol. The van der Waals surface area contributed by atoms with E-state index in [2.05, 4.69) is 48.3 Å². The van der Waals surface area contributed by atoms with Crippen LogP contribution in [0.5, 0.6) is 0 Å². The number of hydrogen-bond donors (Lipinski definition) is 2. The third-order valence-electron chi connectivity index (χ3n) is 4.37. The fraction of sp³-hybridized carbons (Fsp3) is 0.647. The van der Waals surface area contributed by atoms with Crippen molar-refractivity contribution in [1.82, 2.24) is 4.90 Å². The van der Waals surface area contributed by atoms with Crippen LogP contribution in [0.3, 0.4) is 0 Å². The lowest BCUT2D eigenvalue weighted by Crippen LogP contribution is -2.32. The zero-order valence-corrected chi connectivity index (χ0v) is 12.9. The molecule has 1 aromatic carbocycles. The van der Waals surface area contributed by atoms with Crippen LogP contribution in [0.25, 0.3) is 0 Å². The van der Waals surface area contributed by atoms with Gasteiger partial charge in [-0.15, -0.1) is 0 Å². The minimum Gasteiger partial charge on any atom is -0.382 e. The SMILES string of the molecule is CCN(CC)Cc1cccc(NC2CCC(N)CC2)c1. The Kier molecular flexibility index (Phi) is 5.86. The summed E-state index contributed by atoms with van der Waals surface area (Å²) in [5.41, 5.74) is 8.62. The highest BCUT2D eigenvalue weighted by molar-refractivity contribution is 5.46. The third-order valence-corrected chi connectivity index (χ3v) is 4.37. The van der Waals surface area contributed by atoms with Gasteiger partial charge in [0, 0.05) is 24.3 Å². The molecule has 0 aromatic heterocycles. The Balaban J connectivity index is 1.92. The predicted molar refractivity (Wildman–Crippen MR) is 86.9 cm³/mol. The molecule has 0 bridgehead atoms. The summed E-state index contributed by atoms with van der Waals surface area (Å²) >= 11 is 0. The van der Waals surface area contributed by atoms with Gasteiger partial charge in [0.25, 0.3) is 0 Å². The fourth-order valence-corrected chi connectivity index (χ4v) is 2.96. The maximum absolute atomic E-state index is 5.97. The van der Waals surface area contributed by atoms with Crippen molar-refractivity contribution in [3.05, 3.63) is 29.8 Å². The first kappa shape index (κ1) is 15.3. The van der Waals surface area contributed by atoms with Gasteiger partial charge in [0.2, 0.25) is 0 Å². The van der Waals surface area contributed by atoms with Crippen molar-refractivity contribution in [1.29, 1.82) is 0 Å². The molecular formula is C17H29N3. The average Bonchev–Trinajstić information content (AvgIpc) is 2.47. The molecule has 0 spiro atoms. The van der Waals surface area contributed by atoms with Crippen LogP contribution < -0.4 is 11.1 Å². The van der Waals surface area contributed by atoms with Crippen molar-refractivity contribution < 1.29 is 0 Å². The van der Waals surface area contributed by atoms with Crippen LogP contribution in [-0.4, -0.2) is 30.1 Å². The summed E-state index contributed by atoms with van der Waals surface area (Å²) in [4.78, 5) is 2.44. The normalized spacial score (nSPS) is 23.0. The number of nitrogens with two attached hydrogens (primary N) is 1. The van der Waals surface area contributed by atoms with E-state index >= 15 is 0 Å². The maximum atomic E-state index is 5.97. The molecule has 0 amide bonds. The highest BCUT2D eigenvalue weighted by Gasteiger charge is 2.18. The lowest BCUT2D eigenvalue weighted by atomic mass is 9.91. The van der Waals surface area contributed by atoms with Gasteiger partial charge in [-0.2, -0.15) is 0 Å². The minimum atomic E-state index is 0.419. The molecule has 112 valence electrons. The zero-order chi connectivity index (χ0) is 14.4. The molecule has 1 aliphatic rings. The topological polar surface area (TPSA) is 41.3 Å². The standard InChI is InChI=1S/C17H29N3/c1-3-20(4-2)13-14-6-5-7-17(12-14)19-16-10-8-15(18)9-11-16/h5-7,12,15-16,19H,3-4,8-11,13,18H2,1-2H3. The Morgan fingerprint density at radius 2 is 1.85 bits per heavy atom. The lowest BCUT2D eigenvalue weighted by Gasteiger charge is -2.28. The summed E-state index contributed by atoms with van der Waals surface area (Å²) in [5.74, 6) is 0. The van der Waals surface area contributed by atoms with Crippen molar-refractivity contribution in [2.45, 2.75) is 58.2 Å². The van der Waals surface area contributed by atoms with E-state index in [-0.39, 0.29) is 0 Å². The van der Waals surface area contributed by atoms with Crippen LogP contribution in [0, 0.1) is 0 Å². The van der Waals surface area contributed by atoms with Gasteiger partial charge in [-0.1, -0.05) is 26.0 Å². The molecule has 1 aliphatic carbocycles. The largest absolute Gasteiger partial charge is 0.382 e. The van der Waals surface area contributed by atoms with Crippen LogP contribution in [-0.2, 0) is 6.54 Å². The highest BCUT2D eigenvalue weighted by atomic mass is 15.1. The van der Waals surface area contributed by atoms with Crippen molar-refractivity contribution in [2.75, 3.05) is 18.4 Å². The van der Waals surface area contributed by atoms with Crippen LogP contribution in [0.15, 0.2) is 24.3 Å². The van der Waals surface area contributed by atoms with Crippen LogP contribution in [0.4, 0.5) is 5.69 Å². The Hall–Kier alpha value is -1.06. The average molecular weight is 275 g/mol. The van der Waals surface area contributed by atoms with E-state index in [1.807, 2.05) is 0 Å². The maximum Gasteiger partial charge on any atom is 0.0345 e. The zero-order valence-electron chi connectivity index (χ0n) is 12.9. The molecule has 1 saturated carbocycles. The molecule has 3 nitrogen and oxygen atoms in total. The first-order valence-corrected chi connectivity index (χ1v) is 8.04. The number of rotatable bonds is 6. The van der Waals surface area contributed by atoms with E-state index in [1.165, 1.54) is 24.1 Å². The molecule has 1 fully saturated rings. The molecule has 0 radical (unpaired) electrons. The van der Waals surface area contributed by atoms with E-state index in [0.29, 0.717) is 12.1 Å². The number of anilines is 1. The Labute approximate surface area is 123 Å². The summed E-state index contributed by atoms with van der Waals surface area (Å²) in [6.45, 7) is 7.69. The molecule has 0 saturated heterocycles. The van der Waals surface area contributed by atoms with Gasteiger partial charge in [-0.25, -0.2) is 0 Å². The van der Waals surface area contributed by atoms with Gasteiger partial charge < -0.3 is 11.1 Å². The molecule has 2 rings (SSSR count).